The van der Waals surface area contributed by atoms with Gasteiger partial charge in [-0.3, -0.25) is 9.59 Å². The standard InChI is InChI=1S/C8H16N2O3/c1-3-9-4-6(2)8(13)10-5-7(11)12/h6,9H,3-5H2,1-2H3,(H,10,13)(H,11,12). The molecule has 0 saturated heterocycles. The van der Waals surface area contributed by atoms with Crippen LogP contribution in [-0.4, -0.2) is 36.6 Å². The summed E-state index contributed by atoms with van der Waals surface area (Å²) < 4.78 is 0. The Bertz CT molecular complexity index is 182. The zero-order valence-electron chi connectivity index (χ0n) is 7.96. The van der Waals surface area contributed by atoms with Crippen molar-refractivity contribution in [1.82, 2.24) is 10.6 Å². The molecule has 0 aliphatic rings. The Kier molecular flexibility index (Phi) is 5.88. The topological polar surface area (TPSA) is 78.4 Å². The Morgan fingerprint density at radius 1 is 1.46 bits per heavy atom. The minimum absolute atomic E-state index is 0.195. The van der Waals surface area contributed by atoms with Crippen molar-refractivity contribution in [3.63, 3.8) is 0 Å². The van der Waals surface area contributed by atoms with Gasteiger partial charge in [0.2, 0.25) is 5.91 Å². The van der Waals surface area contributed by atoms with Gasteiger partial charge >= 0.3 is 5.97 Å². The van der Waals surface area contributed by atoms with Crippen LogP contribution >= 0.6 is 0 Å². The van der Waals surface area contributed by atoms with Gasteiger partial charge in [0.05, 0.1) is 0 Å². The van der Waals surface area contributed by atoms with Crippen molar-refractivity contribution in [2.45, 2.75) is 13.8 Å². The maximum absolute atomic E-state index is 11.1. The summed E-state index contributed by atoms with van der Waals surface area (Å²) in [5.74, 6) is -1.45. The first-order valence-corrected chi connectivity index (χ1v) is 4.28. The number of carboxylic acid groups (broad SMARTS) is 1. The number of aliphatic carboxylic acids is 1. The number of amides is 1. The number of carboxylic acids is 1. The van der Waals surface area contributed by atoms with Crippen LogP contribution in [0.5, 0.6) is 0 Å². The van der Waals surface area contributed by atoms with E-state index in [1.807, 2.05) is 6.92 Å². The van der Waals surface area contributed by atoms with E-state index in [0.29, 0.717) is 6.54 Å². The summed E-state index contributed by atoms with van der Waals surface area (Å²) in [6, 6.07) is 0. The molecule has 1 unspecified atom stereocenters. The molecule has 0 heterocycles. The Morgan fingerprint density at radius 2 is 2.08 bits per heavy atom. The van der Waals surface area contributed by atoms with E-state index in [4.69, 9.17) is 5.11 Å². The van der Waals surface area contributed by atoms with Gasteiger partial charge < -0.3 is 15.7 Å². The zero-order valence-corrected chi connectivity index (χ0v) is 7.96. The van der Waals surface area contributed by atoms with E-state index < -0.39 is 5.97 Å². The maximum Gasteiger partial charge on any atom is 0.322 e. The van der Waals surface area contributed by atoms with Crippen molar-refractivity contribution >= 4 is 11.9 Å². The SMILES string of the molecule is CCNCC(C)C(=O)NCC(=O)O. The lowest BCUT2D eigenvalue weighted by Gasteiger charge is -2.10. The van der Waals surface area contributed by atoms with Crippen molar-refractivity contribution in [1.29, 1.82) is 0 Å². The van der Waals surface area contributed by atoms with Crippen LogP contribution in [-0.2, 0) is 9.59 Å². The van der Waals surface area contributed by atoms with Crippen LogP contribution in [0.25, 0.3) is 0 Å². The third-order valence-corrected chi connectivity index (χ3v) is 1.56. The fourth-order valence-electron chi connectivity index (χ4n) is 0.791. The molecule has 0 aliphatic heterocycles. The van der Waals surface area contributed by atoms with Crippen molar-refractivity contribution in [3.05, 3.63) is 0 Å². The first-order chi connectivity index (χ1) is 6.07. The second kappa shape index (κ2) is 6.42. The Hall–Kier alpha value is -1.10. The summed E-state index contributed by atoms with van der Waals surface area (Å²) in [5, 5.41) is 13.6. The van der Waals surface area contributed by atoms with Crippen molar-refractivity contribution < 1.29 is 14.7 Å². The number of carbonyl (C=O) groups excluding carboxylic acids is 1. The fourth-order valence-corrected chi connectivity index (χ4v) is 0.791. The maximum atomic E-state index is 11.1. The predicted octanol–water partition coefficient (Wildman–Crippen LogP) is -0.567. The average molecular weight is 188 g/mol. The normalized spacial score (nSPS) is 12.2. The largest absolute Gasteiger partial charge is 0.480 e. The minimum atomic E-state index is -1.02. The molecular formula is C8H16N2O3. The van der Waals surface area contributed by atoms with Gasteiger partial charge in [-0.1, -0.05) is 13.8 Å². The van der Waals surface area contributed by atoms with Gasteiger partial charge in [-0.25, -0.2) is 0 Å². The van der Waals surface area contributed by atoms with Crippen LogP contribution in [0.4, 0.5) is 0 Å². The van der Waals surface area contributed by atoms with E-state index in [0.717, 1.165) is 6.54 Å². The third-order valence-electron chi connectivity index (χ3n) is 1.56. The van der Waals surface area contributed by atoms with Gasteiger partial charge in [-0.15, -0.1) is 0 Å². The Balaban J connectivity index is 3.63. The number of nitrogens with one attached hydrogen (secondary N) is 2. The molecule has 1 amide bonds. The number of carbonyl (C=O) groups is 2. The molecule has 0 aliphatic carbocycles. The minimum Gasteiger partial charge on any atom is -0.480 e. The molecule has 5 heteroatoms. The Labute approximate surface area is 77.5 Å². The van der Waals surface area contributed by atoms with Gasteiger partial charge in [-0.2, -0.15) is 0 Å². The van der Waals surface area contributed by atoms with Crippen LogP contribution in [0.2, 0.25) is 0 Å². The van der Waals surface area contributed by atoms with Crippen LogP contribution in [0.15, 0.2) is 0 Å². The first-order valence-electron chi connectivity index (χ1n) is 4.28. The first kappa shape index (κ1) is 11.9. The molecule has 0 aromatic carbocycles. The number of hydrogen-bond donors (Lipinski definition) is 3. The molecule has 0 saturated carbocycles. The average Bonchev–Trinajstić information content (AvgIpc) is 2.10. The van der Waals surface area contributed by atoms with Gasteiger partial charge in [0.25, 0.3) is 0 Å². The quantitative estimate of drug-likeness (QED) is 0.521. The monoisotopic (exact) mass is 188 g/mol. The molecule has 0 spiro atoms. The molecule has 5 nitrogen and oxygen atoms in total. The van der Waals surface area contributed by atoms with Crippen LogP contribution in [0, 0.1) is 5.92 Å². The number of hydrogen-bond acceptors (Lipinski definition) is 3. The third kappa shape index (κ3) is 6.10. The van der Waals surface area contributed by atoms with Crippen molar-refractivity contribution in [2.24, 2.45) is 5.92 Å². The molecule has 0 radical (unpaired) electrons. The second-order valence-corrected chi connectivity index (χ2v) is 2.82. The van der Waals surface area contributed by atoms with Crippen LogP contribution < -0.4 is 10.6 Å². The molecule has 0 fully saturated rings. The van der Waals surface area contributed by atoms with E-state index in [1.54, 1.807) is 6.92 Å². The molecule has 0 bridgehead atoms. The molecule has 13 heavy (non-hydrogen) atoms. The molecule has 0 rings (SSSR count). The van der Waals surface area contributed by atoms with E-state index in [-0.39, 0.29) is 18.4 Å². The molecular weight excluding hydrogens is 172 g/mol. The van der Waals surface area contributed by atoms with Gasteiger partial charge in [0.15, 0.2) is 0 Å². The summed E-state index contributed by atoms with van der Waals surface area (Å²) in [7, 11) is 0. The molecule has 0 aromatic heterocycles. The van der Waals surface area contributed by atoms with Crippen molar-refractivity contribution in [2.75, 3.05) is 19.6 Å². The summed E-state index contributed by atoms with van der Waals surface area (Å²) in [6.45, 7) is 4.76. The second-order valence-electron chi connectivity index (χ2n) is 2.82. The molecule has 3 N–H and O–H groups in total. The van der Waals surface area contributed by atoms with E-state index in [2.05, 4.69) is 10.6 Å². The number of rotatable bonds is 6. The summed E-state index contributed by atoms with van der Waals surface area (Å²) in [4.78, 5) is 21.2. The van der Waals surface area contributed by atoms with Crippen LogP contribution in [0.3, 0.4) is 0 Å². The van der Waals surface area contributed by atoms with E-state index >= 15 is 0 Å². The molecule has 1 atom stereocenters. The lowest BCUT2D eigenvalue weighted by atomic mass is 10.1. The molecule has 76 valence electrons. The predicted molar refractivity (Wildman–Crippen MR) is 48.4 cm³/mol. The lowest BCUT2D eigenvalue weighted by Crippen LogP contribution is -2.37. The fraction of sp³-hybridized carbons (Fsp3) is 0.750. The van der Waals surface area contributed by atoms with E-state index in [1.165, 1.54) is 0 Å². The van der Waals surface area contributed by atoms with Gasteiger partial charge in [0.1, 0.15) is 6.54 Å². The summed E-state index contributed by atoms with van der Waals surface area (Å²) in [6.07, 6.45) is 0. The Morgan fingerprint density at radius 3 is 2.54 bits per heavy atom. The van der Waals surface area contributed by atoms with E-state index in [9.17, 15) is 9.59 Å². The highest BCUT2D eigenvalue weighted by atomic mass is 16.4. The molecule has 0 aromatic rings. The highest BCUT2D eigenvalue weighted by molar-refractivity contribution is 5.82. The highest BCUT2D eigenvalue weighted by Gasteiger charge is 2.12. The smallest absolute Gasteiger partial charge is 0.322 e. The lowest BCUT2D eigenvalue weighted by molar-refractivity contribution is -0.138. The summed E-state index contributed by atoms with van der Waals surface area (Å²) in [5.41, 5.74) is 0. The van der Waals surface area contributed by atoms with Crippen LogP contribution in [0.1, 0.15) is 13.8 Å². The van der Waals surface area contributed by atoms with Crippen molar-refractivity contribution in [3.8, 4) is 0 Å². The summed E-state index contributed by atoms with van der Waals surface area (Å²) >= 11 is 0. The highest BCUT2D eigenvalue weighted by Crippen LogP contribution is 1.91. The van der Waals surface area contributed by atoms with Gasteiger partial charge in [0, 0.05) is 12.5 Å². The zero-order chi connectivity index (χ0) is 10.3. The van der Waals surface area contributed by atoms with Gasteiger partial charge in [-0.05, 0) is 6.54 Å².